The average Bonchev–Trinajstić information content (AvgIpc) is 2.70. The Kier molecular flexibility index (Phi) is 6.49. The molecule has 15 heavy (non-hydrogen) atoms. The van der Waals surface area contributed by atoms with Gasteiger partial charge in [0.2, 0.25) is 0 Å². The topological polar surface area (TPSA) is 15.6 Å². The fourth-order valence-electron chi connectivity index (χ4n) is 1.68. The van der Waals surface area contributed by atoms with Crippen molar-refractivity contribution in [2.24, 2.45) is 4.99 Å². The molecule has 0 aromatic carbocycles. The van der Waals surface area contributed by atoms with E-state index in [1.165, 1.54) is 32.1 Å². The van der Waals surface area contributed by atoms with Crippen LogP contribution in [0.15, 0.2) is 16.2 Å². The number of hydrogen-bond donors (Lipinski definition) is 0. The summed E-state index contributed by atoms with van der Waals surface area (Å²) in [5.41, 5.74) is 0. The predicted molar refractivity (Wildman–Crippen MR) is 67.6 cm³/mol. The van der Waals surface area contributed by atoms with Crippen molar-refractivity contribution in [1.29, 1.82) is 0 Å². The van der Waals surface area contributed by atoms with Crippen LogP contribution in [0.25, 0.3) is 0 Å². The predicted octanol–water partition coefficient (Wildman–Crippen LogP) is 3.42. The van der Waals surface area contributed by atoms with E-state index in [1.54, 1.807) is 6.21 Å². The first-order chi connectivity index (χ1) is 7.33. The van der Waals surface area contributed by atoms with E-state index >= 15 is 0 Å². The van der Waals surface area contributed by atoms with Crippen LogP contribution in [0.1, 0.15) is 39.0 Å². The molecule has 0 aromatic heterocycles. The highest BCUT2D eigenvalue weighted by Crippen LogP contribution is 2.10. The van der Waals surface area contributed by atoms with Crippen LogP contribution >= 0.6 is 11.6 Å². The summed E-state index contributed by atoms with van der Waals surface area (Å²) >= 11 is 6.04. The molecule has 1 rings (SSSR count). The lowest BCUT2D eigenvalue weighted by molar-refractivity contribution is 0.468. The van der Waals surface area contributed by atoms with Crippen molar-refractivity contribution in [2.75, 3.05) is 19.6 Å². The SMILES string of the molecule is CCCCC/N=C\C(Cl)=C\N1CCCC1. The minimum Gasteiger partial charge on any atom is -0.376 e. The van der Waals surface area contributed by atoms with Gasteiger partial charge in [0.1, 0.15) is 0 Å². The van der Waals surface area contributed by atoms with Crippen molar-refractivity contribution < 1.29 is 0 Å². The molecular formula is C12H21ClN2. The highest BCUT2D eigenvalue weighted by Gasteiger charge is 2.07. The van der Waals surface area contributed by atoms with Gasteiger partial charge in [0.15, 0.2) is 0 Å². The van der Waals surface area contributed by atoms with Gasteiger partial charge in [-0.15, -0.1) is 0 Å². The summed E-state index contributed by atoms with van der Waals surface area (Å²) in [6.07, 6.45) is 10.0. The Hall–Kier alpha value is -0.500. The molecule has 1 fully saturated rings. The van der Waals surface area contributed by atoms with Gasteiger partial charge in [0, 0.05) is 32.0 Å². The zero-order valence-corrected chi connectivity index (χ0v) is 10.3. The Labute approximate surface area is 98.0 Å². The van der Waals surface area contributed by atoms with Crippen molar-refractivity contribution in [3.05, 3.63) is 11.2 Å². The number of halogens is 1. The van der Waals surface area contributed by atoms with Crippen LogP contribution in [0.3, 0.4) is 0 Å². The van der Waals surface area contributed by atoms with Crippen molar-refractivity contribution >= 4 is 17.8 Å². The number of likely N-dealkylation sites (tertiary alicyclic amines) is 1. The Morgan fingerprint density at radius 2 is 2.07 bits per heavy atom. The molecule has 0 N–H and O–H groups in total. The Morgan fingerprint density at radius 1 is 1.33 bits per heavy atom. The second kappa shape index (κ2) is 7.75. The monoisotopic (exact) mass is 228 g/mol. The quantitative estimate of drug-likeness (QED) is 0.503. The van der Waals surface area contributed by atoms with Crippen molar-refractivity contribution in [1.82, 2.24) is 4.90 Å². The molecule has 0 radical (unpaired) electrons. The van der Waals surface area contributed by atoms with Gasteiger partial charge in [-0.3, -0.25) is 4.99 Å². The second-order valence-corrected chi connectivity index (χ2v) is 4.44. The molecule has 0 aromatic rings. The smallest absolute Gasteiger partial charge is 0.0742 e. The van der Waals surface area contributed by atoms with Gasteiger partial charge in [-0.05, 0) is 19.3 Å². The average molecular weight is 229 g/mol. The lowest BCUT2D eigenvalue weighted by Crippen LogP contribution is -2.11. The molecule has 86 valence electrons. The van der Waals surface area contributed by atoms with E-state index < -0.39 is 0 Å². The molecule has 0 spiro atoms. The fraction of sp³-hybridized carbons (Fsp3) is 0.750. The second-order valence-electron chi connectivity index (χ2n) is 4.00. The van der Waals surface area contributed by atoms with Crippen LogP contribution in [0.4, 0.5) is 0 Å². The summed E-state index contributed by atoms with van der Waals surface area (Å²) in [7, 11) is 0. The summed E-state index contributed by atoms with van der Waals surface area (Å²) < 4.78 is 0. The maximum Gasteiger partial charge on any atom is 0.0742 e. The van der Waals surface area contributed by atoms with E-state index in [0.29, 0.717) is 0 Å². The van der Waals surface area contributed by atoms with Gasteiger partial charge in [-0.2, -0.15) is 0 Å². The highest BCUT2D eigenvalue weighted by molar-refractivity contribution is 6.39. The molecular weight excluding hydrogens is 208 g/mol. The zero-order valence-electron chi connectivity index (χ0n) is 9.58. The van der Waals surface area contributed by atoms with Crippen LogP contribution in [-0.2, 0) is 0 Å². The minimum absolute atomic E-state index is 0.758. The Morgan fingerprint density at radius 3 is 2.73 bits per heavy atom. The molecule has 0 atom stereocenters. The first kappa shape index (κ1) is 12.6. The van der Waals surface area contributed by atoms with Crippen molar-refractivity contribution in [2.45, 2.75) is 39.0 Å². The number of unbranched alkanes of at least 4 members (excludes halogenated alkanes) is 2. The van der Waals surface area contributed by atoms with E-state index in [1.807, 2.05) is 6.20 Å². The van der Waals surface area contributed by atoms with Gasteiger partial charge < -0.3 is 4.90 Å². The fourth-order valence-corrected chi connectivity index (χ4v) is 1.89. The first-order valence-electron chi connectivity index (χ1n) is 5.94. The summed E-state index contributed by atoms with van der Waals surface area (Å²) in [5.74, 6) is 0. The van der Waals surface area contributed by atoms with E-state index in [-0.39, 0.29) is 0 Å². The van der Waals surface area contributed by atoms with Crippen LogP contribution in [-0.4, -0.2) is 30.7 Å². The van der Waals surface area contributed by atoms with Gasteiger partial charge in [-0.25, -0.2) is 0 Å². The number of nitrogens with zero attached hydrogens (tertiary/aromatic N) is 2. The maximum absolute atomic E-state index is 6.04. The molecule has 1 saturated heterocycles. The molecule has 1 aliphatic rings. The molecule has 0 bridgehead atoms. The van der Waals surface area contributed by atoms with Crippen molar-refractivity contribution in [3.63, 3.8) is 0 Å². The van der Waals surface area contributed by atoms with Crippen LogP contribution in [0.2, 0.25) is 0 Å². The molecule has 0 saturated carbocycles. The standard InChI is InChI=1S/C12H21ClN2/c1-2-3-4-7-14-10-12(13)11-15-8-5-6-9-15/h10-11H,2-9H2,1H3/b12-11-,14-10-. The van der Waals surface area contributed by atoms with Gasteiger partial charge in [0.05, 0.1) is 5.03 Å². The van der Waals surface area contributed by atoms with E-state index in [9.17, 15) is 0 Å². The first-order valence-corrected chi connectivity index (χ1v) is 6.32. The molecule has 1 heterocycles. The molecule has 2 nitrogen and oxygen atoms in total. The summed E-state index contributed by atoms with van der Waals surface area (Å²) in [6.45, 7) is 5.38. The van der Waals surface area contributed by atoms with E-state index in [0.717, 1.165) is 24.7 Å². The van der Waals surface area contributed by atoms with Gasteiger partial charge in [-0.1, -0.05) is 31.4 Å². The third kappa shape index (κ3) is 5.83. The summed E-state index contributed by atoms with van der Waals surface area (Å²) in [4.78, 5) is 6.56. The van der Waals surface area contributed by atoms with E-state index in [4.69, 9.17) is 11.6 Å². The van der Waals surface area contributed by atoms with Crippen LogP contribution < -0.4 is 0 Å². The summed E-state index contributed by atoms with van der Waals surface area (Å²) in [5, 5.41) is 0.758. The molecule has 0 unspecified atom stereocenters. The zero-order chi connectivity index (χ0) is 10.9. The highest BCUT2D eigenvalue weighted by atomic mass is 35.5. The number of rotatable bonds is 6. The normalized spacial score (nSPS) is 18.0. The van der Waals surface area contributed by atoms with Gasteiger partial charge >= 0.3 is 0 Å². The summed E-state index contributed by atoms with van der Waals surface area (Å²) in [6, 6.07) is 0. The molecule has 0 amide bonds. The Bertz CT molecular complexity index is 218. The molecule has 1 aliphatic heterocycles. The van der Waals surface area contributed by atoms with Crippen LogP contribution in [0, 0.1) is 0 Å². The Balaban J connectivity index is 2.18. The maximum atomic E-state index is 6.04. The lowest BCUT2D eigenvalue weighted by atomic mass is 10.2. The molecule has 0 aliphatic carbocycles. The lowest BCUT2D eigenvalue weighted by Gasteiger charge is -2.10. The van der Waals surface area contributed by atoms with Crippen molar-refractivity contribution in [3.8, 4) is 0 Å². The van der Waals surface area contributed by atoms with Gasteiger partial charge in [0.25, 0.3) is 0 Å². The molecule has 3 heteroatoms. The third-order valence-electron chi connectivity index (χ3n) is 2.55. The number of allylic oxidation sites excluding steroid dienone is 1. The minimum atomic E-state index is 0.758. The number of hydrogen-bond acceptors (Lipinski definition) is 2. The van der Waals surface area contributed by atoms with Crippen LogP contribution in [0.5, 0.6) is 0 Å². The largest absolute Gasteiger partial charge is 0.376 e. The third-order valence-corrected chi connectivity index (χ3v) is 2.75. The van der Waals surface area contributed by atoms with E-state index in [2.05, 4.69) is 16.8 Å². The number of aliphatic imine (C=N–C) groups is 1.